The number of carbonyl (C=O) groups is 2. The lowest BCUT2D eigenvalue weighted by atomic mass is 10.1. The maximum absolute atomic E-state index is 14.1. The predicted molar refractivity (Wildman–Crippen MR) is 85.8 cm³/mol. The minimum atomic E-state index is -0.559. The third-order valence-electron chi connectivity index (χ3n) is 3.75. The topological polar surface area (TPSA) is 58.6 Å². The molecule has 1 aliphatic heterocycles. The first-order valence-electron chi connectivity index (χ1n) is 7.99. The van der Waals surface area contributed by atoms with Gasteiger partial charge in [0.25, 0.3) is 0 Å². The van der Waals surface area contributed by atoms with E-state index in [1.54, 1.807) is 11.0 Å². The minimum absolute atomic E-state index is 0.0202. The first-order valence-corrected chi connectivity index (χ1v) is 7.99. The van der Waals surface area contributed by atoms with Gasteiger partial charge in [-0.25, -0.2) is 4.39 Å². The molecular formula is C17H23FN2O3. The number of amides is 2. The molecule has 1 N–H and O–H groups in total. The van der Waals surface area contributed by atoms with Crippen LogP contribution in [0.15, 0.2) is 18.2 Å². The predicted octanol–water partition coefficient (Wildman–Crippen LogP) is 2.95. The summed E-state index contributed by atoms with van der Waals surface area (Å²) in [6.45, 7) is 6.12. The maximum atomic E-state index is 14.1. The molecule has 1 atom stereocenters. The van der Waals surface area contributed by atoms with Gasteiger partial charge in [0, 0.05) is 19.0 Å². The van der Waals surface area contributed by atoms with Gasteiger partial charge in [-0.3, -0.25) is 9.59 Å². The number of halogens is 1. The van der Waals surface area contributed by atoms with Crippen molar-refractivity contribution in [3.05, 3.63) is 24.0 Å². The fraction of sp³-hybridized carbons (Fsp3) is 0.529. The normalized spacial score (nSPS) is 15.9. The van der Waals surface area contributed by atoms with Gasteiger partial charge in [-0.15, -0.1) is 0 Å². The van der Waals surface area contributed by atoms with E-state index < -0.39 is 11.9 Å². The molecule has 1 heterocycles. The van der Waals surface area contributed by atoms with Crippen LogP contribution in [0.1, 0.15) is 40.0 Å². The molecule has 0 unspecified atom stereocenters. The standard InChI is InChI=1S/C17H23FN2O3/c1-4-15(20-9-5-6-16(20)21)17(22)19-14-8-7-12(10-13(14)18)23-11(2)3/h7-8,10-11,15H,4-6,9H2,1-3H3,(H,19,22)/t15-/m1/s1. The summed E-state index contributed by atoms with van der Waals surface area (Å²) >= 11 is 0. The van der Waals surface area contributed by atoms with E-state index >= 15 is 0 Å². The van der Waals surface area contributed by atoms with Gasteiger partial charge in [-0.05, 0) is 38.8 Å². The molecule has 0 spiro atoms. The second-order valence-corrected chi connectivity index (χ2v) is 5.91. The van der Waals surface area contributed by atoms with Gasteiger partial charge < -0.3 is 15.0 Å². The molecule has 1 aromatic rings. The molecule has 5 nitrogen and oxygen atoms in total. The van der Waals surface area contributed by atoms with Crippen LogP contribution >= 0.6 is 0 Å². The highest BCUT2D eigenvalue weighted by Gasteiger charge is 2.31. The zero-order chi connectivity index (χ0) is 17.0. The highest BCUT2D eigenvalue weighted by Crippen LogP contribution is 2.23. The highest BCUT2D eigenvalue weighted by atomic mass is 19.1. The molecule has 1 saturated heterocycles. The number of nitrogens with one attached hydrogen (secondary N) is 1. The van der Waals surface area contributed by atoms with Crippen LogP contribution in [0.5, 0.6) is 5.75 Å². The van der Waals surface area contributed by atoms with Crippen molar-refractivity contribution in [1.82, 2.24) is 4.90 Å². The lowest BCUT2D eigenvalue weighted by Gasteiger charge is -2.25. The molecule has 0 radical (unpaired) electrons. The fourth-order valence-electron chi connectivity index (χ4n) is 2.70. The van der Waals surface area contributed by atoms with Gasteiger partial charge in [-0.1, -0.05) is 6.92 Å². The van der Waals surface area contributed by atoms with Gasteiger partial charge in [0.05, 0.1) is 11.8 Å². The van der Waals surface area contributed by atoms with Crippen LogP contribution in [0.3, 0.4) is 0 Å². The van der Waals surface area contributed by atoms with Crippen molar-refractivity contribution < 1.29 is 18.7 Å². The van der Waals surface area contributed by atoms with Crippen LogP contribution in [0.25, 0.3) is 0 Å². The molecule has 0 saturated carbocycles. The Morgan fingerprint density at radius 3 is 2.70 bits per heavy atom. The SMILES string of the molecule is CC[C@H](C(=O)Nc1ccc(OC(C)C)cc1F)N1CCCC1=O. The molecule has 1 aromatic carbocycles. The summed E-state index contributed by atoms with van der Waals surface area (Å²) in [5.41, 5.74) is 0.0937. The van der Waals surface area contributed by atoms with E-state index in [0.29, 0.717) is 25.1 Å². The Hall–Kier alpha value is -2.11. The van der Waals surface area contributed by atoms with E-state index in [0.717, 1.165) is 6.42 Å². The number of hydrogen-bond donors (Lipinski definition) is 1. The summed E-state index contributed by atoms with van der Waals surface area (Å²) in [7, 11) is 0. The summed E-state index contributed by atoms with van der Waals surface area (Å²) in [6, 6.07) is 3.78. The average molecular weight is 322 g/mol. The summed E-state index contributed by atoms with van der Waals surface area (Å²) in [5.74, 6) is -0.524. The number of ether oxygens (including phenoxy) is 1. The van der Waals surface area contributed by atoms with E-state index in [1.165, 1.54) is 12.1 Å². The molecule has 1 aliphatic rings. The van der Waals surface area contributed by atoms with E-state index in [1.807, 2.05) is 20.8 Å². The number of likely N-dealkylation sites (tertiary alicyclic amines) is 1. The Balaban J connectivity index is 2.08. The highest BCUT2D eigenvalue weighted by molar-refractivity contribution is 5.97. The first kappa shape index (κ1) is 17.2. The second kappa shape index (κ2) is 7.44. The van der Waals surface area contributed by atoms with Gasteiger partial charge >= 0.3 is 0 Å². The number of hydrogen-bond acceptors (Lipinski definition) is 3. The summed E-state index contributed by atoms with van der Waals surface area (Å²) < 4.78 is 19.5. The zero-order valence-electron chi connectivity index (χ0n) is 13.8. The van der Waals surface area contributed by atoms with E-state index in [4.69, 9.17) is 4.74 Å². The van der Waals surface area contributed by atoms with Gasteiger partial charge in [0.1, 0.15) is 17.6 Å². The fourth-order valence-corrected chi connectivity index (χ4v) is 2.70. The molecule has 2 amide bonds. The van der Waals surface area contributed by atoms with Crippen molar-refractivity contribution in [3.63, 3.8) is 0 Å². The number of anilines is 1. The van der Waals surface area contributed by atoms with Crippen molar-refractivity contribution in [1.29, 1.82) is 0 Å². The van der Waals surface area contributed by atoms with Crippen LogP contribution in [0, 0.1) is 5.82 Å². The summed E-state index contributed by atoms with van der Waals surface area (Å²) in [5, 5.41) is 2.58. The number of rotatable bonds is 6. The molecule has 0 bridgehead atoms. The molecule has 126 valence electrons. The largest absolute Gasteiger partial charge is 0.491 e. The Kier molecular flexibility index (Phi) is 5.58. The van der Waals surface area contributed by atoms with Crippen molar-refractivity contribution in [2.75, 3.05) is 11.9 Å². The van der Waals surface area contributed by atoms with Crippen molar-refractivity contribution in [3.8, 4) is 5.75 Å². The third-order valence-corrected chi connectivity index (χ3v) is 3.75. The molecular weight excluding hydrogens is 299 g/mol. The van der Waals surface area contributed by atoms with Crippen molar-refractivity contribution in [2.24, 2.45) is 0 Å². The van der Waals surface area contributed by atoms with E-state index in [2.05, 4.69) is 5.32 Å². The first-order chi connectivity index (χ1) is 10.9. The number of nitrogens with zero attached hydrogens (tertiary/aromatic N) is 1. The third kappa shape index (κ3) is 4.21. The average Bonchev–Trinajstić information content (AvgIpc) is 2.88. The van der Waals surface area contributed by atoms with Crippen LogP contribution in [0.2, 0.25) is 0 Å². The van der Waals surface area contributed by atoms with Crippen LogP contribution in [0.4, 0.5) is 10.1 Å². The molecule has 0 aromatic heterocycles. The lowest BCUT2D eigenvalue weighted by Crippen LogP contribution is -2.44. The van der Waals surface area contributed by atoms with Crippen LogP contribution < -0.4 is 10.1 Å². The van der Waals surface area contributed by atoms with E-state index in [-0.39, 0.29) is 23.6 Å². The molecule has 2 rings (SSSR count). The van der Waals surface area contributed by atoms with Crippen LogP contribution in [-0.2, 0) is 9.59 Å². The molecule has 6 heteroatoms. The quantitative estimate of drug-likeness (QED) is 0.876. The summed E-state index contributed by atoms with van der Waals surface area (Å²) in [4.78, 5) is 25.8. The lowest BCUT2D eigenvalue weighted by molar-refractivity contribution is -0.135. The van der Waals surface area contributed by atoms with Crippen LogP contribution in [-0.4, -0.2) is 35.4 Å². The Bertz CT molecular complexity index is 589. The molecule has 0 aliphatic carbocycles. The molecule has 23 heavy (non-hydrogen) atoms. The second-order valence-electron chi connectivity index (χ2n) is 5.91. The Morgan fingerprint density at radius 2 is 2.17 bits per heavy atom. The monoisotopic (exact) mass is 322 g/mol. The van der Waals surface area contributed by atoms with E-state index in [9.17, 15) is 14.0 Å². The van der Waals surface area contributed by atoms with Crippen molar-refractivity contribution >= 4 is 17.5 Å². The molecule has 1 fully saturated rings. The van der Waals surface area contributed by atoms with Gasteiger partial charge in [0.2, 0.25) is 11.8 Å². The number of benzene rings is 1. The minimum Gasteiger partial charge on any atom is -0.491 e. The Labute approximate surface area is 135 Å². The van der Waals surface area contributed by atoms with Gasteiger partial charge in [0.15, 0.2) is 0 Å². The Morgan fingerprint density at radius 1 is 1.43 bits per heavy atom. The smallest absolute Gasteiger partial charge is 0.247 e. The number of carbonyl (C=O) groups excluding carboxylic acids is 2. The maximum Gasteiger partial charge on any atom is 0.247 e. The zero-order valence-corrected chi connectivity index (χ0v) is 13.8. The summed E-state index contributed by atoms with van der Waals surface area (Å²) in [6.07, 6.45) is 1.67. The van der Waals surface area contributed by atoms with Gasteiger partial charge in [-0.2, -0.15) is 0 Å². The van der Waals surface area contributed by atoms with Crippen molar-refractivity contribution in [2.45, 2.75) is 52.2 Å².